The Morgan fingerprint density at radius 1 is 1.36 bits per heavy atom. The van der Waals surface area contributed by atoms with Crippen molar-refractivity contribution >= 4 is 11.6 Å². The average molecular weight is 390 g/mol. The lowest BCUT2D eigenvalue weighted by Gasteiger charge is -2.21. The van der Waals surface area contributed by atoms with Gasteiger partial charge in [0.25, 0.3) is 0 Å². The third-order valence-corrected chi connectivity index (χ3v) is 4.70. The Kier molecular flexibility index (Phi) is 6.84. The Morgan fingerprint density at radius 3 is 2.93 bits per heavy atom. The van der Waals surface area contributed by atoms with Gasteiger partial charge in [-0.1, -0.05) is 0 Å². The molecule has 1 atom stereocenters. The molecule has 0 amide bonds. The van der Waals surface area contributed by atoms with Crippen molar-refractivity contribution in [2.75, 3.05) is 31.1 Å². The van der Waals surface area contributed by atoms with Gasteiger partial charge in [0.05, 0.1) is 11.9 Å². The van der Waals surface area contributed by atoms with Crippen LogP contribution >= 0.6 is 0 Å². The fourth-order valence-electron chi connectivity index (χ4n) is 3.36. The van der Waals surface area contributed by atoms with Crippen LogP contribution in [0.4, 0.5) is 14.5 Å². The molecule has 6 nitrogen and oxygen atoms in total. The van der Waals surface area contributed by atoms with Crippen molar-refractivity contribution in [3.63, 3.8) is 0 Å². The summed E-state index contributed by atoms with van der Waals surface area (Å²) in [6.45, 7) is 7.72. The van der Waals surface area contributed by atoms with Gasteiger partial charge in [0.2, 0.25) is 0 Å². The summed E-state index contributed by atoms with van der Waals surface area (Å²) in [6.07, 6.45) is 5.64. The fourth-order valence-corrected chi connectivity index (χ4v) is 3.36. The first-order valence-electron chi connectivity index (χ1n) is 9.79. The van der Waals surface area contributed by atoms with E-state index < -0.39 is 11.6 Å². The van der Waals surface area contributed by atoms with Gasteiger partial charge in [-0.25, -0.2) is 8.78 Å². The van der Waals surface area contributed by atoms with E-state index in [1.54, 1.807) is 0 Å². The molecule has 3 rings (SSSR count). The molecular weight excluding hydrogens is 362 g/mol. The van der Waals surface area contributed by atoms with Crippen molar-refractivity contribution in [1.82, 2.24) is 20.4 Å². The largest absolute Gasteiger partial charge is 0.367 e. The Bertz CT molecular complexity index is 804. The number of hydrogen-bond acceptors (Lipinski definition) is 3. The number of anilines is 1. The lowest BCUT2D eigenvalue weighted by atomic mass is 10.2. The number of aromatic nitrogens is 2. The number of aryl methyl sites for hydroxylation is 2. The number of rotatable bonds is 7. The highest BCUT2D eigenvalue weighted by Crippen LogP contribution is 2.24. The standard InChI is InChI=1S/C20H28F2N6/c1-3-23-20(24-8-4-9-28-13-15(2)12-25-28)26-17-7-10-27(14-17)19-6-5-16(21)11-18(19)22/h5-6,11-13,17H,3-4,7-10,14H2,1-2H3,(H2,23,24,26). The van der Waals surface area contributed by atoms with E-state index in [9.17, 15) is 8.78 Å². The summed E-state index contributed by atoms with van der Waals surface area (Å²) in [5.74, 6) is -0.303. The van der Waals surface area contributed by atoms with E-state index in [2.05, 4.69) is 20.7 Å². The fraction of sp³-hybridized carbons (Fsp3) is 0.500. The van der Waals surface area contributed by atoms with Crippen LogP contribution in [0.5, 0.6) is 0 Å². The van der Waals surface area contributed by atoms with Crippen LogP contribution in [0.15, 0.2) is 35.6 Å². The van der Waals surface area contributed by atoms with Gasteiger partial charge in [-0.05, 0) is 44.4 Å². The Morgan fingerprint density at radius 2 is 2.21 bits per heavy atom. The molecule has 0 spiro atoms. The minimum atomic E-state index is -0.554. The van der Waals surface area contributed by atoms with Crippen molar-refractivity contribution in [3.8, 4) is 0 Å². The highest BCUT2D eigenvalue weighted by Gasteiger charge is 2.25. The van der Waals surface area contributed by atoms with Gasteiger partial charge in [-0.2, -0.15) is 5.10 Å². The average Bonchev–Trinajstić information content (AvgIpc) is 3.28. The SMILES string of the molecule is CCNC(=NCCCn1cc(C)cn1)NC1CCN(c2ccc(F)cc2F)C1. The van der Waals surface area contributed by atoms with E-state index in [0.717, 1.165) is 50.1 Å². The first-order valence-corrected chi connectivity index (χ1v) is 9.79. The number of halogens is 2. The molecule has 0 aliphatic carbocycles. The van der Waals surface area contributed by atoms with E-state index in [1.165, 1.54) is 12.1 Å². The second-order valence-corrected chi connectivity index (χ2v) is 7.07. The zero-order valence-corrected chi connectivity index (χ0v) is 16.5. The molecule has 0 bridgehead atoms. The maximum absolute atomic E-state index is 14.0. The van der Waals surface area contributed by atoms with Crippen LogP contribution in [0.3, 0.4) is 0 Å². The molecule has 1 saturated heterocycles. The first-order chi connectivity index (χ1) is 13.5. The van der Waals surface area contributed by atoms with E-state index in [1.807, 2.05) is 35.8 Å². The maximum atomic E-state index is 14.0. The molecule has 8 heteroatoms. The van der Waals surface area contributed by atoms with Crippen LogP contribution in [0.2, 0.25) is 0 Å². The molecule has 1 aromatic heterocycles. The van der Waals surface area contributed by atoms with Crippen LogP contribution in [-0.2, 0) is 6.54 Å². The molecule has 2 N–H and O–H groups in total. The monoisotopic (exact) mass is 390 g/mol. The number of aliphatic imine (C=N–C) groups is 1. The van der Waals surface area contributed by atoms with Crippen molar-refractivity contribution in [1.29, 1.82) is 0 Å². The smallest absolute Gasteiger partial charge is 0.191 e. The Balaban J connectivity index is 1.51. The molecule has 1 aromatic carbocycles. The van der Waals surface area contributed by atoms with Crippen LogP contribution in [0.25, 0.3) is 0 Å². The summed E-state index contributed by atoms with van der Waals surface area (Å²) in [5.41, 5.74) is 1.60. The zero-order valence-electron chi connectivity index (χ0n) is 16.5. The lowest BCUT2D eigenvalue weighted by molar-refractivity contribution is 0.579. The number of benzene rings is 1. The summed E-state index contributed by atoms with van der Waals surface area (Å²) in [7, 11) is 0. The summed E-state index contributed by atoms with van der Waals surface area (Å²) in [4.78, 5) is 6.58. The molecule has 1 fully saturated rings. The van der Waals surface area contributed by atoms with Gasteiger partial charge in [-0.3, -0.25) is 9.67 Å². The first kappa shape index (κ1) is 20.1. The minimum Gasteiger partial charge on any atom is -0.367 e. The van der Waals surface area contributed by atoms with Gasteiger partial charge >= 0.3 is 0 Å². The Labute approximate surface area is 164 Å². The second-order valence-electron chi connectivity index (χ2n) is 7.07. The number of hydrogen-bond donors (Lipinski definition) is 2. The molecule has 2 heterocycles. The second kappa shape index (κ2) is 9.52. The van der Waals surface area contributed by atoms with Crippen LogP contribution in [0, 0.1) is 18.6 Å². The number of nitrogens with one attached hydrogen (secondary N) is 2. The minimum absolute atomic E-state index is 0.163. The highest BCUT2D eigenvalue weighted by atomic mass is 19.1. The van der Waals surface area contributed by atoms with Gasteiger partial charge in [0, 0.05) is 51.0 Å². The van der Waals surface area contributed by atoms with Gasteiger partial charge < -0.3 is 15.5 Å². The molecule has 1 aliphatic heterocycles. The van der Waals surface area contributed by atoms with E-state index in [-0.39, 0.29) is 6.04 Å². The van der Waals surface area contributed by atoms with E-state index in [0.29, 0.717) is 18.8 Å². The molecule has 2 aromatic rings. The summed E-state index contributed by atoms with van der Waals surface area (Å²) < 4.78 is 29.1. The highest BCUT2D eigenvalue weighted by molar-refractivity contribution is 5.80. The van der Waals surface area contributed by atoms with Gasteiger partial charge in [0.1, 0.15) is 11.6 Å². The van der Waals surface area contributed by atoms with Crippen molar-refractivity contribution < 1.29 is 8.78 Å². The molecule has 0 radical (unpaired) electrons. The third-order valence-electron chi connectivity index (χ3n) is 4.70. The summed E-state index contributed by atoms with van der Waals surface area (Å²) in [6, 6.07) is 3.90. The van der Waals surface area contributed by atoms with Crippen molar-refractivity contribution in [3.05, 3.63) is 47.8 Å². The maximum Gasteiger partial charge on any atom is 0.191 e. The number of guanidine groups is 1. The molecule has 28 heavy (non-hydrogen) atoms. The van der Waals surface area contributed by atoms with E-state index in [4.69, 9.17) is 0 Å². The predicted molar refractivity (Wildman–Crippen MR) is 108 cm³/mol. The van der Waals surface area contributed by atoms with Gasteiger partial charge in [-0.15, -0.1) is 0 Å². The lowest BCUT2D eigenvalue weighted by Crippen LogP contribution is -2.44. The Hall–Kier alpha value is -2.64. The number of nitrogens with zero attached hydrogens (tertiary/aromatic N) is 4. The normalized spacial score (nSPS) is 17.2. The molecule has 152 valence electrons. The zero-order chi connectivity index (χ0) is 19.9. The third kappa shape index (κ3) is 5.43. The topological polar surface area (TPSA) is 57.5 Å². The summed E-state index contributed by atoms with van der Waals surface area (Å²) in [5, 5.41) is 11.0. The molecule has 1 unspecified atom stereocenters. The van der Waals surface area contributed by atoms with Crippen LogP contribution < -0.4 is 15.5 Å². The van der Waals surface area contributed by atoms with E-state index >= 15 is 0 Å². The molecular formula is C20H28F2N6. The van der Waals surface area contributed by atoms with Crippen LogP contribution in [-0.4, -0.2) is 48.0 Å². The van der Waals surface area contributed by atoms with Crippen LogP contribution in [0.1, 0.15) is 25.3 Å². The molecule has 0 saturated carbocycles. The van der Waals surface area contributed by atoms with Crippen molar-refractivity contribution in [2.24, 2.45) is 4.99 Å². The summed E-state index contributed by atoms with van der Waals surface area (Å²) >= 11 is 0. The molecule has 1 aliphatic rings. The predicted octanol–water partition coefficient (Wildman–Crippen LogP) is 2.69. The van der Waals surface area contributed by atoms with Crippen molar-refractivity contribution in [2.45, 2.75) is 39.3 Å². The van der Waals surface area contributed by atoms with Gasteiger partial charge in [0.15, 0.2) is 5.96 Å². The quantitative estimate of drug-likeness (QED) is 0.434.